The molecule has 0 aromatic heterocycles. The predicted molar refractivity (Wildman–Crippen MR) is 71.2 cm³/mol. The Morgan fingerprint density at radius 1 is 0.933 bits per heavy atom. The first-order valence-electron chi connectivity index (χ1n) is 6.66. The van der Waals surface area contributed by atoms with Crippen molar-refractivity contribution in [3.8, 4) is 0 Å². The van der Waals surface area contributed by atoms with E-state index in [2.05, 4.69) is 39.0 Å². The summed E-state index contributed by atoms with van der Waals surface area (Å²) in [6.45, 7) is 6.59. The van der Waals surface area contributed by atoms with Gasteiger partial charge >= 0.3 is 0 Å². The molecule has 0 aromatic rings. The van der Waals surface area contributed by atoms with Gasteiger partial charge in [0.25, 0.3) is 0 Å². The highest BCUT2D eigenvalue weighted by atomic mass is 14.0. The van der Waals surface area contributed by atoms with Crippen LogP contribution in [0.5, 0.6) is 0 Å². The molecule has 0 aliphatic heterocycles. The lowest BCUT2D eigenvalue weighted by atomic mass is 10.0. The molecule has 15 heavy (non-hydrogen) atoms. The minimum absolute atomic E-state index is 1.16. The van der Waals surface area contributed by atoms with E-state index in [0.29, 0.717) is 0 Å². The smallest absolute Gasteiger partial charge is 0.0282 e. The first-order valence-corrected chi connectivity index (χ1v) is 6.66. The van der Waals surface area contributed by atoms with Crippen molar-refractivity contribution in [2.75, 3.05) is 0 Å². The van der Waals surface area contributed by atoms with Crippen molar-refractivity contribution < 1.29 is 0 Å². The second-order valence-electron chi connectivity index (χ2n) is 4.21. The van der Waals surface area contributed by atoms with Gasteiger partial charge in [-0.05, 0) is 26.2 Å². The van der Waals surface area contributed by atoms with Gasteiger partial charge in [-0.2, -0.15) is 0 Å². The molecule has 0 bridgehead atoms. The van der Waals surface area contributed by atoms with Crippen LogP contribution in [0.3, 0.4) is 0 Å². The Kier molecular flexibility index (Phi) is 11.2. The van der Waals surface area contributed by atoms with Crippen LogP contribution in [0.2, 0.25) is 0 Å². The standard InChI is InChI=1S/C15H28/c1-4-7-8-9-10-11-14-15(12-5-2)13-6-3/h5,12-13H,4,6-11,14H2,1-3H3/b12-5+,15-13+. The van der Waals surface area contributed by atoms with E-state index in [1.807, 2.05) is 0 Å². The molecule has 0 radical (unpaired) electrons. The van der Waals surface area contributed by atoms with Gasteiger partial charge in [-0.3, -0.25) is 0 Å². The predicted octanol–water partition coefficient (Wildman–Crippen LogP) is 5.65. The van der Waals surface area contributed by atoms with Gasteiger partial charge in [0.15, 0.2) is 0 Å². The molecule has 0 atom stereocenters. The lowest BCUT2D eigenvalue weighted by molar-refractivity contribution is 0.608. The van der Waals surface area contributed by atoms with Gasteiger partial charge < -0.3 is 0 Å². The Labute approximate surface area is 96.5 Å². The highest BCUT2D eigenvalue weighted by Crippen LogP contribution is 2.13. The molecule has 0 heteroatoms. The Balaban J connectivity index is 3.50. The van der Waals surface area contributed by atoms with Crippen molar-refractivity contribution in [3.05, 3.63) is 23.8 Å². The van der Waals surface area contributed by atoms with Crippen molar-refractivity contribution in [3.63, 3.8) is 0 Å². The Bertz CT molecular complexity index is 174. The summed E-state index contributed by atoms with van der Waals surface area (Å²) in [5.74, 6) is 0. The summed E-state index contributed by atoms with van der Waals surface area (Å²) in [6.07, 6.45) is 17.6. The third kappa shape index (κ3) is 9.78. The molecule has 0 spiro atoms. The maximum Gasteiger partial charge on any atom is -0.0282 e. The summed E-state index contributed by atoms with van der Waals surface area (Å²) in [5, 5.41) is 0. The summed E-state index contributed by atoms with van der Waals surface area (Å²) in [6, 6.07) is 0. The van der Waals surface area contributed by atoms with Crippen LogP contribution < -0.4 is 0 Å². The number of rotatable bonds is 9. The van der Waals surface area contributed by atoms with Gasteiger partial charge in [-0.25, -0.2) is 0 Å². The van der Waals surface area contributed by atoms with E-state index in [0.717, 1.165) is 6.42 Å². The number of hydrogen-bond donors (Lipinski definition) is 0. The monoisotopic (exact) mass is 208 g/mol. The molecule has 0 nitrogen and oxygen atoms in total. The molecular weight excluding hydrogens is 180 g/mol. The molecule has 0 aliphatic carbocycles. The molecule has 0 aliphatic rings. The molecule has 0 aromatic carbocycles. The highest BCUT2D eigenvalue weighted by molar-refractivity contribution is 5.17. The minimum atomic E-state index is 1.16. The van der Waals surface area contributed by atoms with E-state index in [-0.39, 0.29) is 0 Å². The average Bonchev–Trinajstić information content (AvgIpc) is 2.24. The van der Waals surface area contributed by atoms with E-state index in [9.17, 15) is 0 Å². The second-order valence-corrected chi connectivity index (χ2v) is 4.21. The second kappa shape index (κ2) is 11.6. The SMILES string of the molecule is C/C=C/C(=C\CC)CCCCCCCC. The summed E-state index contributed by atoms with van der Waals surface area (Å²) in [4.78, 5) is 0. The molecule has 0 unspecified atom stereocenters. The zero-order valence-corrected chi connectivity index (χ0v) is 10.9. The Hall–Kier alpha value is -0.520. The summed E-state index contributed by atoms with van der Waals surface area (Å²) < 4.78 is 0. The van der Waals surface area contributed by atoms with Crippen LogP contribution in [0.1, 0.15) is 72.1 Å². The normalized spacial score (nSPS) is 12.6. The van der Waals surface area contributed by atoms with Crippen LogP contribution in [-0.4, -0.2) is 0 Å². The maximum absolute atomic E-state index is 2.35. The van der Waals surface area contributed by atoms with Gasteiger partial charge in [-0.15, -0.1) is 0 Å². The van der Waals surface area contributed by atoms with Crippen LogP contribution in [-0.2, 0) is 0 Å². The molecule has 0 saturated carbocycles. The van der Waals surface area contributed by atoms with Gasteiger partial charge in [-0.1, -0.05) is 69.8 Å². The van der Waals surface area contributed by atoms with E-state index < -0.39 is 0 Å². The van der Waals surface area contributed by atoms with Gasteiger partial charge in [0.05, 0.1) is 0 Å². The third-order valence-corrected chi connectivity index (χ3v) is 2.67. The fourth-order valence-corrected chi connectivity index (χ4v) is 1.84. The molecule has 0 fully saturated rings. The van der Waals surface area contributed by atoms with E-state index in [1.54, 1.807) is 0 Å². The minimum Gasteiger partial charge on any atom is -0.0874 e. The zero-order chi connectivity index (χ0) is 11.4. The number of allylic oxidation sites excluding steroid dienone is 4. The van der Waals surface area contributed by atoms with Crippen molar-refractivity contribution >= 4 is 0 Å². The summed E-state index contributed by atoms with van der Waals surface area (Å²) in [5.41, 5.74) is 1.52. The molecule has 0 amide bonds. The largest absolute Gasteiger partial charge is 0.0874 e. The van der Waals surface area contributed by atoms with Gasteiger partial charge in [0.2, 0.25) is 0 Å². The first-order chi connectivity index (χ1) is 7.35. The Morgan fingerprint density at radius 2 is 1.60 bits per heavy atom. The van der Waals surface area contributed by atoms with Crippen LogP contribution in [0.4, 0.5) is 0 Å². The zero-order valence-electron chi connectivity index (χ0n) is 10.9. The van der Waals surface area contributed by atoms with E-state index in [4.69, 9.17) is 0 Å². The third-order valence-electron chi connectivity index (χ3n) is 2.67. The quantitative estimate of drug-likeness (QED) is 0.339. The van der Waals surface area contributed by atoms with Gasteiger partial charge in [0, 0.05) is 0 Å². The molecule has 0 rings (SSSR count). The van der Waals surface area contributed by atoms with Crippen molar-refractivity contribution in [2.45, 2.75) is 72.1 Å². The molecule has 0 N–H and O–H groups in total. The van der Waals surface area contributed by atoms with Gasteiger partial charge in [0.1, 0.15) is 0 Å². The van der Waals surface area contributed by atoms with Crippen LogP contribution in [0.15, 0.2) is 23.8 Å². The summed E-state index contributed by atoms with van der Waals surface area (Å²) in [7, 11) is 0. The fraction of sp³-hybridized carbons (Fsp3) is 0.733. The molecule has 0 heterocycles. The summed E-state index contributed by atoms with van der Waals surface area (Å²) >= 11 is 0. The highest BCUT2D eigenvalue weighted by Gasteiger charge is 1.93. The molecule has 88 valence electrons. The lowest BCUT2D eigenvalue weighted by Crippen LogP contribution is -1.82. The van der Waals surface area contributed by atoms with Crippen LogP contribution >= 0.6 is 0 Å². The maximum atomic E-state index is 2.35. The number of unbranched alkanes of at least 4 members (excludes halogenated alkanes) is 5. The molecular formula is C15H28. The lowest BCUT2D eigenvalue weighted by Gasteiger charge is -2.02. The topological polar surface area (TPSA) is 0 Å². The van der Waals surface area contributed by atoms with Crippen molar-refractivity contribution in [1.29, 1.82) is 0 Å². The average molecular weight is 208 g/mol. The van der Waals surface area contributed by atoms with Crippen molar-refractivity contribution in [1.82, 2.24) is 0 Å². The number of hydrogen-bond acceptors (Lipinski definition) is 0. The van der Waals surface area contributed by atoms with Crippen LogP contribution in [0, 0.1) is 0 Å². The Morgan fingerprint density at radius 3 is 2.20 bits per heavy atom. The first kappa shape index (κ1) is 14.5. The van der Waals surface area contributed by atoms with E-state index in [1.165, 1.54) is 50.5 Å². The fourth-order valence-electron chi connectivity index (χ4n) is 1.84. The molecule has 0 saturated heterocycles. The van der Waals surface area contributed by atoms with Crippen molar-refractivity contribution in [2.24, 2.45) is 0 Å². The van der Waals surface area contributed by atoms with E-state index >= 15 is 0 Å². The van der Waals surface area contributed by atoms with Crippen LogP contribution in [0.25, 0.3) is 0 Å².